The number of anilines is 1. The highest BCUT2D eigenvalue weighted by Gasteiger charge is 2.69. The number of hydrogen-bond acceptors (Lipinski definition) is 11. The van der Waals surface area contributed by atoms with Crippen molar-refractivity contribution in [3.8, 4) is 23.0 Å². The van der Waals surface area contributed by atoms with Gasteiger partial charge in [-0.3, -0.25) is 19.8 Å². The third kappa shape index (κ3) is 5.95. The van der Waals surface area contributed by atoms with Gasteiger partial charge in [-0.1, -0.05) is 65.7 Å². The number of nitrogens with one attached hydrogen (secondary N) is 1. The monoisotopic (exact) mass is 859 g/mol. The van der Waals surface area contributed by atoms with Crippen LogP contribution in [-0.2, 0) is 41.6 Å². The third-order valence-corrected chi connectivity index (χ3v) is 12.8. The summed E-state index contributed by atoms with van der Waals surface area (Å²) < 4.78 is 21.6. The number of allylic oxidation sites excluding steroid dienone is 2. The van der Waals surface area contributed by atoms with E-state index in [4.69, 9.17) is 25.8 Å². The second-order valence-electron chi connectivity index (χ2n) is 15.7. The number of hydrogen-bond donors (Lipinski definition) is 2. The van der Waals surface area contributed by atoms with E-state index in [1.807, 2.05) is 31.2 Å². The van der Waals surface area contributed by atoms with Gasteiger partial charge in [0.15, 0.2) is 23.0 Å². The number of fused-ring (bicyclic) bond motifs is 5. The average Bonchev–Trinajstić information content (AvgIpc) is 3.65. The first-order chi connectivity index (χ1) is 29.8. The van der Waals surface area contributed by atoms with Gasteiger partial charge in [0.1, 0.15) is 5.69 Å². The number of halogens is 1. The number of aromatic hydroxyl groups is 1. The Morgan fingerprint density at radius 1 is 0.887 bits per heavy atom. The predicted octanol–water partition coefficient (Wildman–Crippen LogP) is 4.61. The molecule has 62 heavy (non-hydrogen) atoms. The van der Waals surface area contributed by atoms with Crippen LogP contribution in [0.2, 0.25) is 5.02 Å². The predicted molar refractivity (Wildman–Crippen MR) is 229 cm³/mol. The van der Waals surface area contributed by atoms with Crippen molar-refractivity contribution in [2.45, 2.75) is 50.2 Å². The van der Waals surface area contributed by atoms with Gasteiger partial charge in [-0.15, -0.1) is 0 Å². The van der Waals surface area contributed by atoms with Gasteiger partial charge >= 0.3 is 11.4 Å². The Balaban J connectivity index is 1.18. The maximum absolute atomic E-state index is 15.4. The third-order valence-electron chi connectivity index (χ3n) is 12.6. The van der Waals surface area contributed by atoms with Crippen molar-refractivity contribution < 1.29 is 28.9 Å². The summed E-state index contributed by atoms with van der Waals surface area (Å²) in [4.78, 5) is 77.5. The number of methoxy groups -OCH3 is 3. The Bertz CT molecular complexity index is 3040. The van der Waals surface area contributed by atoms with Crippen LogP contribution in [0.4, 0.5) is 5.69 Å². The van der Waals surface area contributed by atoms with Gasteiger partial charge in [0.25, 0.3) is 17.4 Å². The minimum absolute atomic E-state index is 0.0295. The van der Waals surface area contributed by atoms with Crippen molar-refractivity contribution in [2.75, 3.05) is 26.8 Å². The summed E-state index contributed by atoms with van der Waals surface area (Å²) in [6.07, 6.45) is 1.74. The van der Waals surface area contributed by atoms with E-state index in [0.29, 0.717) is 44.9 Å². The number of amides is 2. The Morgan fingerprint density at radius 3 is 2.27 bits per heavy atom. The molecule has 6 aromatic rings. The van der Waals surface area contributed by atoms with Gasteiger partial charge in [-0.2, -0.15) is 5.01 Å². The van der Waals surface area contributed by atoms with Crippen LogP contribution in [0.25, 0.3) is 11.0 Å². The van der Waals surface area contributed by atoms with E-state index in [1.54, 1.807) is 67.7 Å². The molecule has 4 aromatic carbocycles. The van der Waals surface area contributed by atoms with Crippen molar-refractivity contribution in [1.82, 2.24) is 28.5 Å². The van der Waals surface area contributed by atoms with Crippen molar-refractivity contribution >= 4 is 40.1 Å². The molecule has 0 spiro atoms. The molecule has 4 atom stereocenters. The maximum atomic E-state index is 15.4. The summed E-state index contributed by atoms with van der Waals surface area (Å²) in [6, 6.07) is 21.8. The molecular formula is C45H42ClN7O9. The second kappa shape index (κ2) is 15.1. The normalized spacial score (nSPS) is 20.4. The number of nitrogens with zero attached hydrogens (tertiary/aromatic N) is 6. The maximum Gasteiger partial charge on any atom is 0.347 e. The molecule has 2 aliphatic heterocycles. The molecule has 0 radical (unpaired) electrons. The molecule has 2 amide bonds. The molecule has 2 fully saturated rings. The lowest BCUT2D eigenvalue weighted by atomic mass is 9.53. The van der Waals surface area contributed by atoms with E-state index in [1.165, 1.54) is 35.3 Å². The fraction of sp³-hybridized carbons (Fsp3) is 0.289. The number of phenols is 1. The van der Waals surface area contributed by atoms with E-state index in [2.05, 4.69) is 10.4 Å². The molecule has 9 rings (SSSR count). The topological polar surface area (TPSA) is 181 Å². The van der Waals surface area contributed by atoms with Crippen LogP contribution < -0.4 is 36.6 Å². The summed E-state index contributed by atoms with van der Waals surface area (Å²) in [6.45, 7) is 1.70. The largest absolute Gasteiger partial charge is 0.503 e. The SMILES string of the molecule is COc1cc2nc(CCn3c(=O)n4n(c3=O)C3CC5C(=O)N(Nc6ccc(C)cc6)C(=O)C5(c5ccccc5)C(c5cc(Cl)c(O)c(OC)c5)C3=CC4)c(=O)n(C)c2cc1OC. The van der Waals surface area contributed by atoms with E-state index < -0.39 is 52.0 Å². The molecule has 17 heteroatoms. The molecule has 2 aromatic heterocycles. The van der Waals surface area contributed by atoms with Crippen LogP contribution in [0.15, 0.2) is 105 Å². The molecule has 0 bridgehead atoms. The van der Waals surface area contributed by atoms with Gasteiger partial charge in [0.05, 0.1) is 67.0 Å². The number of phenolic OH excluding ortho intramolecular Hbond substituents is 1. The van der Waals surface area contributed by atoms with Gasteiger partial charge in [-0.05, 0) is 54.3 Å². The lowest BCUT2D eigenvalue weighted by Crippen LogP contribution is -2.53. The molecule has 1 aliphatic carbocycles. The lowest BCUT2D eigenvalue weighted by molar-refractivity contribution is -0.138. The standard InChI is InChI=1S/C45H42ClN7O9/c1-24-11-13-27(14-12-24)48-52-40(55)29-21-33-28(38(25-19-30(46)39(54)37(20-25)62-5)45(29,42(52)57)26-9-7-6-8-10-26)15-18-51-43(58)50(44(59)53(33)51)17-16-31-41(56)49(2)34-23-36(61-4)35(60-3)22-32(34)47-31/h6-15,19-20,22-23,29,33,38,48,54H,16-18,21H2,1-5H3. The highest BCUT2D eigenvalue weighted by molar-refractivity contribution is 6.32. The first-order valence-corrected chi connectivity index (χ1v) is 20.3. The van der Waals surface area contributed by atoms with Gasteiger partial charge in [0.2, 0.25) is 0 Å². The Hall–Kier alpha value is -7.07. The van der Waals surface area contributed by atoms with Crippen LogP contribution in [0.5, 0.6) is 23.0 Å². The first kappa shape index (κ1) is 40.3. The van der Waals surface area contributed by atoms with Crippen LogP contribution >= 0.6 is 11.6 Å². The minimum atomic E-state index is -1.59. The Kier molecular flexibility index (Phi) is 9.84. The fourth-order valence-electron chi connectivity index (χ4n) is 9.63. The van der Waals surface area contributed by atoms with Crippen molar-refractivity contribution in [3.63, 3.8) is 0 Å². The van der Waals surface area contributed by atoms with Crippen LogP contribution in [0, 0.1) is 12.8 Å². The van der Waals surface area contributed by atoms with Gasteiger partial charge in [-0.25, -0.2) is 28.5 Å². The van der Waals surface area contributed by atoms with Crippen molar-refractivity contribution in [1.29, 1.82) is 0 Å². The minimum Gasteiger partial charge on any atom is -0.503 e. The number of aryl methyl sites for hydroxylation is 3. The number of rotatable bonds is 10. The lowest BCUT2D eigenvalue weighted by Gasteiger charge is -2.49. The van der Waals surface area contributed by atoms with E-state index in [0.717, 1.165) is 15.1 Å². The number of aromatic nitrogens is 5. The molecule has 4 unspecified atom stereocenters. The van der Waals surface area contributed by atoms with E-state index >= 15 is 4.79 Å². The van der Waals surface area contributed by atoms with Crippen LogP contribution in [-0.4, -0.2) is 66.7 Å². The summed E-state index contributed by atoms with van der Waals surface area (Å²) in [5.74, 6) is -2.50. The molecule has 1 saturated carbocycles. The van der Waals surface area contributed by atoms with Gasteiger partial charge < -0.3 is 23.9 Å². The zero-order valence-corrected chi connectivity index (χ0v) is 35.2. The fourth-order valence-corrected chi connectivity index (χ4v) is 9.85. The quantitative estimate of drug-likeness (QED) is 0.145. The molecule has 1 saturated heterocycles. The number of benzene rings is 4. The van der Waals surface area contributed by atoms with Gasteiger partial charge in [0, 0.05) is 38.1 Å². The molecule has 3 aliphatic rings. The van der Waals surface area contributed by atoms with Crippen molar-refractivity contribution in [2.24, 2.45) is 13.0 Å². The smallest absolute Gasteiger partial charge is 0.347 e. The molecular weight excluding hydrogens is 818 g/mol. The van der Waals surface area contributed by atoms with Crippen LogP contribution in [0.3, 0.4) is 0 Å². The van der Waals surface area contributed by atoms with Crippen molar-refractivity contribution in [3.05, 3.63) is 149 Å². The highest BCUT2D eigenvalue weighted by Crippen LogP contribution is 2.62. The van der Waals surface area contributed by atoms with E-state index in [9.17, 15) is 24.3 Å². The Labute approximate surface area is 358 Å². The molecule has 4 heterocycles. The summed E-state index contributed by atoms with van der Waals surface area (Å²) in [5.41, 5.74) is 3.99. The number of carbonyl (C=O) groups excluding carboxylic acids is 2. The molecule has 2 N–H and O–H groups in total. The summed E-state index contributed by atoms with van der Waals surface area (Å²) in [7, 11) is 5.97. The number of ether oxygens (including phenoxy) is 3. The molecule has 318 valence electrons. The summed E-state index contributed by atoms with van der Waals surface area (Å²) >= 11 is 6.67. The zero-order valence-electron chi connectivity index (χ0n) is 34.4. The van der Waals surface area contributed by atoms with E-state index in [-0.39, 0.29) is 48.1 Å². The molecule has 16 nitrogen and oxygen atoms in total. The second-order valence-corrected chi connectivity index (χ2v) is 16.1. The zero-order chi connectivity index (χ0) is 43.8. The summed E-state index contributed by atoms with van der Waals surface area (Å²) in [5, 5.41) is 11.9. The number of imide groups is 1. The Morgan fingerprint density at radius 2 is 1.58 bits per heavy atom. The highest BCUT2D eigenvalue weighted by atomic mass is 35.5. The average molecular weight is 860 g/mol. The number of carbonyl (C=O) groups is 2. The first-order valence-electron chi connectivity index (χ1n) is 19.9. The van der Waals surface area contributed by atoms with Crippen LogP contribution in [0.1, 0.15) is 40.8 Å². The number of hydrazine groups is 1.